The van der Waals surface area contributed by atoms with E-state index in [1.807, 2.05) is 0 Å². The summed E-state index contributed by atoms with van der Waals surface area (Å²) in [5.74, 6) is -0.284. The lowest BCUT2D eigenvalue weighted by atomic mass is 9.83. The molecule has 0 aliphatic heterocycles. The van der Waals surface area contributed by atoms with Crippen LogP contribution in [0.15, 0.2) is 42.5 Å². The van der Waals surface area contributed by atoms with E-state index in [4.69, 9.17) is 12.2 Å². The van der Waals surface area contributed by atoms with Crippen LogP contribution in [-0.4, -0.2) is 23.2 Å². The first-order valence-electron chi connectivity index (χ1n) is 7.99. The van der Waals surface area contributed by atoms with Crippen molar-refractivity contribution >= 4 is 34.6 Å². The van der Waals surface area contributed by atoms with Gasteiger partial charge in [-0.05, 0) is 24.7 Å². The van der Waals surface area contributed by atoms with Gasteiger partial charge < -0.3 is 10.6 Å². The number of benzene rings is 2. The predicted octanol–water partition coefficient (Wildman–Crippen LogP) is 3.55. The van der Waals surface area contributed by atoms with Gasteiger partial charge in [0.2, 0.25) is 0 Å². The highest BCUT2D eigenvalue weighted by Crippen LogP contribution is 2.31. The Hall–Kier alpha value is -2.53. The predicted molar refractivity (Wildman–Crippen MR) is 98.9 cm³/mol. The number of nitrogens with one attached hydrogen (secondary N) is 2. The van der Waals surface area contributed by atoms with Crippen molar-refractivity contribution in [3.63, 3.8) is 0 Å². The summed E-state index contributed by atoms with van der Waals surface area (Å²) in [5, 5.41) is 6.62. The average molecular weight is 338 g/mol. The molecule has 0 amide bonds. The van der Waals surface area contributed by atoms with E-state index >= 15 is 0 Å². The molecule has 0 fully saturated rings. The Kier molecular flexibility index (Phi) is 4.71. The summed E-state index contributed by atoms with van der Waals surface area (Å²) in [5.41, 5.74) is 2.26. The third kappa shape index (κ3) is 2.95. The largest absolute Gasteiger partial charge is 0.362 e. The number of ketones is 2. The van der Waals surface area contributed by atoms with Gasteiger partial charge in [-0.2, -0.15) is 0 Å². The van der Waals surface area contributed by atoms with Crippen LogP contribution in [-0.2, 0) is 0 Å². The molecule has 1 aliphatic rings. The van der Waals surface area contributed by atoms with E-state index < -0.39 is 0 Å². The van der Waals surface area contributed by atoms with Gasteiger partial charge in [0.15, 0.2) is 16.7 Å². The first-order valence-corrected chi connectivity index (χ1v) is 8.40. The van der Waals surface area contributed by atoms with Crippen LogP contribution in [0.4, 0.5) is 5.69 Å². The zero-order chi connectivity index (χ0) is 17.1. The Labute approximate surface area is 146 Å². The van der Waals surface area contributed by atoms with Crippen molar-refractivity contribution in [3.05, 3.63) is 64.7 Å². The summed E-state index contributed by atoms with van der Waals surface area (Å²) in [6.07, 6.45) is 2.08. The van der Waals surface area contributed by atoms with Crippen LogP contribution >= 0.6 is 12.2 Å². The molecule has 24 heavy (non-hydrogen) atoms. The highest BCUT2D eigenvalue weighted by atomic mass is 32.1. The van der Waals surface area contributed by atoms with Crippen molar-refractivity contribution in [2.75, 3.05) is 11.9 Å². The van der Waals surface area contributed by atoms with Crippen LogP contribution in [0.25, 0.3) is 0 Å². The molecule has 0 bridgehead atoms. The number of hydrogen-bond donors (Lipinski definition) is 2. The van der Waals surface area contributed by atoms with Gasteiger partial charge in [0.1, 0.15) is 0 Å². The summed E-state index contributed by atoms with van der Waals surface area (Å²) in [6.45, 7) is 2.88. The molecule has 4 nitrogen and oxygen atoms in total. The smallest absolute Gasteiger partial charge is 0.196 e. The van der Waals surface area contributed by atoms with Crippen LogP contribution in [0, 0.1) is 0 Å². The molecule has 0 spiro atoms. The lowest BCUT2D eigenvalue weighted by Gasteiger charge is -2.21. The monoisotopic (exact) mass is 338 g/mol. The number of fused-ring (bicyclic) bond motifs is 2. The van der Waals surface area contributed by atoms with E-state index in [0.29, 0.717) is 33.1 Å². The van der Waals surface area contributed by atoms with Crippen molar-refractivity contribution in [2.45, 2.75) is 19.8 Å². The fraction of sp³-hybridized carbons (Fsp3) is 0.211. The van der Waals surface area contributed by atoms with Gasteiger partial charge >= 0.3 is 0 Å². The van der Waals surface area contributed by atoms with Crippen molar-refractivity contribution in [2.24, 2.45) is 0 Å². The van der Waals surface area contributed by atoms with Gasteiger partial charge in [-0.1, -0.05) is 49.7 Å². The van der Waals surface area contributed by atoms with Crippen LogP contribution in [0.5, 0.6) is 0 Å². The van der Waals surface area contributed by atoms with E-state index in [9.17, 15) is 9.59 Å². The molecule has 0 aromatic heterocycles. The van der Waals surface area contributed by atoms with E-state index in [1.54, 1.807) is 42.5 Å². The summed E-state index contributed by atoms with van der Waals surface area (Å²) >= 11 is 5.28. The molecule has 5 heteroatoms. The third-order valence-electron chi connectivity index (χ3n) is 4.02. The molecule has 122 valence electrons. The topological polar surface area (TPSA) is 58.2 Å². The van der Waals surface area contributed by atoms with E-state index in [-0.39, 0.29) is 11.6 Å². The molecular formula is C19H18N2O2S. The molecule has 0 saturated carbocycles. The number of unbranched alkanes of at least 4 members (excludes halogenated alkanes) is 1. The second-order valence-corrected chi connectivity index (χ2v) is 6.07. The van der Waals surface area contributed by atoms with Gasteiger partial charge in [0, 0.05) is 23.2 Å². The molecule has 0 radical (unpaired) electrons. The first kappa shape index (κ1) is 16.3. The number of anilines is 1. The number of thiocarbonyl (C=S) groups is 1. The Bertz CT molecular complexity index is 830. The minimum atomic E-state index is -0.153. The second kappa shape index (κ2) is 6.93. The quantitative estimate of drug-likeness (QED) is 0.563. The zero-order valence-corrected chi connectivity index (χ0v) is 14.2. The summed E-state index contributed by atoms with van der Waals surface area (Å²) in [4.78, 5) is 25.5. The van der Waals surface area contributed by atoms with E-state index in [1.165, 1.54) is 0 Å². The Morgan fingerprint density at radius 3 is 2.33 bits per heavy atom. The number of rotatable bonds is 4. The maximum Gasteiger partial charge on any atom is 0.196 e. The zero-order valence-electron chi connectivity index (χ0n) is 13.4. The Morgan fingerprint density at radius 1 is 0.958 bits per heavy atom. The molecule has 0 atom stereocenters. The van der Waals surface area contributed by atoms with Crippen molar-refractivity contribution < 1.29 is 9.59 Å². The van der Waals surface area contributed by atoms with Crippen molar-refractivity contribution in [1.29, 1.82) is 0 Å². The fourth-order valence-corrected chi connectivity index (χ4v) is 3.01. The Morgan fingerprint density at radius 2 is 1.62 bits per heavy atom. The molecule has 2 N–H and O–H groups in total. The van der Waals surface area contributed by atoms with Crippen LogP contribution in [0.1, 0.15) is 51.6 Å². The van der Waals surface area contributed by atoms with E-state index in [2.05, 4.69) is 17.6 Å². The fourth-order valence-electron chi connectivity index (χ4n) is 2.79. The van der Waals surface area contributed by atoms with Gasteiger partial charge in [-0.15, -0.1) is 0 Å². The summed E-state index contributed by atoms with van der Waals surface area (Å²) in [6, 6.07) is 12.1. The SMILES string of the molecule is CCCCNC(=S)Nc1cccc2c1C(=O)c1ccccc1C2=O. The van der Waals surface area contributed by atoms with Gasteiger partial charge in [0.05, 0.1) is 11.3 Å². The van der Waals surface area contributed by atoms with Gasteiger partial charge in [0.25, 0.3) is 0 Å². The molecular weight excluding hydrogens is 320 g/mol. The number of carbonyl (C=O) groups excluding carboxylic acids is 2. The van der Waals surface area contributed by atoms with Gasteiger partial charge in [-0.25, -0.2) is 0 Å². The summed E-state index contributed by atoms with van der Waals surface area (Å²) in [7, 11) is 0. The van der Waals surface area contributed by atoms with Crippen molar-refractivity contribution in [3.8, 4) is 0 Å². The van der Waals surface area contributed by atoms with Crippen LogP contribution in [0.3, 0.4) is 0 Å². The minimum absolute atomic E-state index is 0.131. The molecule has 0 heterocycles. The molecule has 0 saturated heterocycles. The lowest BCUT2D eigenvalue weighted by Crippen LogP contribution is -2.31. The lowest BCUT2D eigenvalue weighted by molar-refractivity contribution is 0.0979. The van der Waals surface area contributed by atoms with Crippen LogP contribution < -0.4 is 10.6 Å². The standard InChI is InChI=1S/C19H18N2O2S/c1-2-3-11-20-19(24)21-15-10-6-9-14-16(15)18(23)13-8-5-4-7-12(13)17(14)22/h4-10H,2-3,11H2,1H3,(H2,20,21,24). The second-order valence-electron chi connectivity index (χ2n) is 5.67. The van der Waals surface area contributed by atoms with E-state index in [0.717, 1.165) is 19.4 Å². The normalized spacial score (nSPS) is 12.4. The third-order valence-corrected chi connectivity index (χ3v) is 4.26. The van der Waals surface area contributed by atoms with Gasteiger partial charge in [-0.3, -0.25) is 9.59 Å². The van der Waals surface area contributed by atoms with Crippen molar-refractivity contribution in [1.82, 2.24) is 5.32 Å². The van der Waals surface area contributed by atoms with Crippen LogP contribution in [0.2, 0.25) is 0 Å². The molecule has 2 aromatic carbocycles. The average Bonchev–Trinajstić information content (AvgIpc) is 2.60. The Balaban J connectivity index is 1.94. The maximum absolute atomic E-state index is 12.9. The highest BCUT2D eigenvalue weighted by Gasteiger charge is 2.31. The molecule has 1 aliphatic carbocycles. The highest BCUT2D eigenvalue weighted by molar-refractivity contribution is 7.80. The maximum atomic E-state index is 12.9. The minimum Gasteiger partial charge on any atom is -0.362 e. The summed E-state index contributed by atoms with van der Waals surface area (Å²) < 4.78 is 0. The number of hydrogen-bond acceptors (Lipinski definition) is 3. The molecule has 3 rings (SSSR count). The first-order chi connectivity index (χ1) is 11.6. The molecule has 2 aromatic rings. The number of carbonyl (C=O) groups is 2. The molecule has 0 unspecified atom stereocenters.